The van der Waals surface area contributed by atoms with Crippen molar-refractivity contribution in [2.24, 2.45) is 5.73 Å². The number of rotatable bonds is 3. The van der Waals surface area contributed by atoms with Crippen LogP contribution in [-0.4, -0.2) is 10.9 Å². The zero-order valence-electron chi connectivity index (χ0n) is 10.5. The molecule has 0 fully saturated rings. The quantitative estimate of drug-likeness (QED) is 0.666. The van der Waals surface area contributed by atoms with Crippen molar-refractivity contribution in [3.05, 3.63) is 61.5 Å². The van der Waals surface area contributed by atoms with E-state index in [9.17, 15) is 4.79 Å². The number of thiocarbonyl (C=S) groups is 1. The van der Waals surface area contributed by atoms with Gasteiger partial charge >= 0.3 is 0 Å². The van der Waals surface area contributed by atoms with Gasteiger partial charge in [0.05, 0.1) is 11.3 Å². The van der Waals surface area contributed by atoms with Crippen molar-refractivity contribution >= 4 is 72.3 Å². The van der Waals surface area contributed by atoms with Crippen molar-refractivity contribution in [2.45, 2.75) is 0 Å². The molecule has 0 unspecified atom stereocenters. The predicted molar refractivity (Wildman–Crippen MR) is 97.1 cm³/mol. The molecule has 0 aliphatic heterocycles. The Labute approximate surface area is 149 Å². The lowest BCUT2D eigenvalue weighted by atomic mass is 10.1. The van der Waals surface area contributed by atoms with E-state index >= 15 is 0 Å². The fourth-order valence-electron chi connectivity index (χ4n) is 1.70. The van der Waals surface area contributed by atoms with Gasteiger partial charge in [-0.15, -0.1) is 0 Å². The summed E-state index contributed by atoms with van der Waals surface area (Å²) in [5, 5.41) is 3.27. The van der Waals surface area contributed by atoms with E-state index in [1.165, 1.54) is 0 Å². The highest BCUT2D eigenvalue weighted by atomic mass is 79.9. The van der Waals surface area contributed by atoms with Crippen LogP contribution in [0.4, 0.5) is 5.69 Å². The van der Waals surface area contributed by atoms with Gasteiger partial charge in [-0.1, -0.05) is 39.7 Å². The molecule has 0 aliphatic carbocycles. The van der Waals surface area contributed by atoms with Gasteiger partial charge in [0.1, 0.15) is 4.99 Å². The molecule has 2 rings (SSSR count). The van der Waals surface area contributed by atoms with Gasteiger partial charge in [-0.2, -0.15) is 0 Å². The second-order valence-corrected chi connectivity index (χ2v) is 6.78. The van der Waals surface area contributed by atoms with Crippen molar-refractivity contribution in [3.8, 4) is 0 Å². The Balaban J connectivity index is 2.38. The molecular weight excluding hydrogens is 439 g/mol. The van der Waals surface area contributed by atoms with E-state index in [0.29, 0.717) is 26.3 Å². The Bertz CT molecular complexity index is 737. The first kappa shape index (κ1) is 16.4. The zero-order valence-corrected chi connectivity index (χ0v) is 15.2. The summed E-state index contributed by atoms with van der Waals surface area (Å²) < 4.78 is 1.46. The number of hydrogen-bond acceptors (Lipinski definition) is 2. The van der Waals surface area contributed by atoms with Crippen molar-refractivity contribution < 1.29 is 4.79 Å². The van der Waals surface area contributed by atoms with E-state index in [1.807, 2.05) is 0 Å². The van der Waals surface area contributed by atoms with Crippen LogP contribution in [0.1, 0.15) is 15.9 Å². The molecule has 7 heteroatoms. The van der Waals surface area contributed by atoms with Crippen LogP contribution in [0.15, 0.2) is 45.3 Å². The molecule has 0 spiro atoms. The Morgan fingerprint density at radius 1 is 1.14 bits per heavy atom. The van der Waals surface area contributed by atoms with Crippen molar-refractivity contribution in [3.63, 3.8) is 0 Å². The minimum Gasteiger partial charge on any atom is -0.389 e. The minimum absolute atomic E-state index is 0.211. The van der Waals surface area contributed by atoms with E-state index in [-0.39, 0.29) is 10.9 Å². The van der Waals surface area contributed by atoms with Gasteiger partial charge in [-0.05, 0) is 52.3 Å². The maximum Gasteiger partial charge on any atom is 0.256 e. The van der Waals surface area contributed by atoms with Crippen molar-refractivity contribution in [1.29, 1.82) is 0 Å². The molecule has 108 valence electrons. The first-order chi connectivity index (χ1) is 9.88. The number of anilines is 1. The summed E-state index contributed by atoms with van der Waals surface area (Å²) >= 11 is 17.6. The van der Waals surface area contributed by atoms with Crippen LogP contribution in [0.3, 0.4) is 0 Å². The number of carbonyl (C=O) groups excluding carboxylic acids is 1. The number of halogens is 3. The standard InChI is InChI=1S/C14H9Br2ClN2OS/c15-7-1-3-9(13(18)21)12(5-7)19-14(20)10-6-8(17)2-4-11(10)16/h1-6H,(H2,18,21)(H,19,20). The topological polar surface area (TPSA) is 55.1 Å². The van der Waals surface area contributed by atoms with Gasteiger partial charge < -0.3 is 11.1 Å². The summed E-state index contributed by atoms with van der Waals surface area (Å²) in [7, 11) is 0. The van der Waals surface area contributed by atoms with Gasteiger partial charge in [-0.3, -0.25) is 4.79 Å². The molecule has 21 heavy (non-hydrogen) atoms. The minimum atomic E-state index is -0.306. The number of nitrogens with two attached hydrogens (primary N) is 1. The predicted octanol–water partition coefficient (Wildman–Crippen LogP) is 4.75. The van der Waals surface area contributed by atoms with Gasteiger partial charge in [-0.25, -0.2) is 0 Å². The molecule has 0 atom stereocenters. The summed E-state index contributed by atoms with van der Waals surface area (Å²) in [5.74, 6) is -0.306. The maximum atomic E-state index is 12.4. The summed E-state index contributed by atoms with van der Waals surface area (Å²) in [4.78, 5) is 12.6. The van der Waals surface area contributed by atoms with E-state index in [2.05, 4.69) is 37.2 Å². The lowest BCUT2D eigenvalue weighted by Crippen LogP contribution is -2.18. The van der Waals surface area contributed by atoms with Gasteiger partial charge in [0, 0.05) is 19.5 Å². The van der Waals surface area contributed by atoms with Gasteiger partial charge in [0.15, 0.2) is 0 Å². The average Bonchev–Trinajstić information content (AvgIpc) is 2.41. The number of amides is 1. The van der Waals surface area contributed by atoms with E-state index in [0.717, 1.165) is 4.47 Å². The first-order valence-corrected chi connectivity index (χ1v) is 8.11. The largest absolute Gasteiger partial charge is 0.389 e. The van der Waals surface area contributed by atoms with Crippen LogP contribution in [0.2, 0.25) is 5.02 Å². The Hall–Kier alpha value is -0.950. The Morgan fingerprint density at radius 3 is 2.52 bits per heavy atom. The molecule has 2 aromatic carbocycles. The van der Waals surface area contributed by atoms with E-state index in [4.69, 9.17) is 29.6 Å². The zero-order chi connectivity index (χ0) is 15.6. The monoisotopic (exact) mass is 446 g/mol. The first-order valence-electron chi connectivity index (χ1n) is 5.74. The Kier molecular flexibility index (Phi) is 5.37. The normalized spacial score (nSPS) is 10.2. The van der Waals surface area contributed by atoms with Crippen LogP contribution < -0.4 is 11.1 Å². The third-order valence-corrected chi connectivity index (χ3v) is 4.31. The van der Waals surface area contributed by atoms with E-state index in [1.54, 1.807) is 36.4 Å². The summed E-state index contributed by atoms with van der Waals surface area (Å²) in [5.41, 5.74) is 7.23. The smallest absolute Gasteiger partial charge is 0.256 e. The van der Waals surface area contributed by atoms with E-state index < -0.39 is 0 Å². The molecule has 1 amide bonds. The highest BCUT2D eigenvalue weighted by Gasteiger charge is 2.14. The van der Waals surface area contributed by atoms with Crippen molar-refractivity contribution in [2.75, 3.05) is 5.32 Å². The molecule has 0 bridgehead atoms. The lowest BCUT2D eigenvalue weighted by molar-refractivity contribution is 0.102. The maximum absolute atomic E-state index is 12.4. The fraction of sp³-hybridized carbons (Fsp3) is 0. The lowest BCUT2D eigenvalue weighted by Gasteiger charge is -2.12. The molecular formula is C14H9Br2ClN2OS. The highest BCUT2D eigenvalue weighted by molar-refractivity contribution is 9.10. The number of nitrogens with one attached hydrogen (secondary N) is 1. The second-order valence-electron chi connectivity index (χ2n) is 4.13. The molecule has 3 nitrogen and oxygen atoms in total. The molecule has 0 heterocycles. The van der Waals surface area contributed by atoms with Gasteiger partial charge in [0.2, 0.25) is 0 Å². The van der Waals surface area contributed by atoms with Crippen LogP contribution in [0.25, 0.3) is 0 Å². The molecule has 0 aromatic heterocycles. The summed E-state index contributed by atoms with van der Waals surface area (Å²) in [6.07, 6.45) is 0. The molecule has 0 radical (unpaired) electrons. The Morgan fingerprint density at radius 2 is 1.86 bits per heavy atom. The number of carbonyl (C=O) groups is 1. The summed E-state index contributed by atoms with van der Waals surface area (Å²) in [6.45, 7) is 0. The number of hydrogen-bond donors (Lipinski definition) is 2. The SMILES string of the molecule is NC(=S)c1ccc(Br)cc1NC(=O)c1cc(Cl)ccc1Br. The fourth-order valence-corrected chi connectivity index (χ4v) is 2.83. The second kappa shape index (κ2) is 6.87. The molecule has 0 saturated carbocycles. The molecule has 0 aliphatic rings. The third kappa shape index (κ3) is 4.03. The molecule has 3 N–H and O–H groups in total. The average molecular weight is 449 g/mol. The van der Waals surface area contributed by atoms with Gasteiger partial charge in [0.25, 0.3) is 5.91 Å². The molecule has 0 saturated heterocycles. The van der Waals surface area contributed by atoms with Crippen LogP contribution in [0.5, 0.6) is 0 Å². The van der Waals surface area contributed by atoms with Crippen LogP contribution >= 0.6 is 55.7 Å². The molecule has 2 aromatic rings. The highest BCUT2D eigenvalue weighted by Crippen LogP contribution is 2.25. The third-order valence-electron chi connectivity index (χ3n) is 2.67. The summed E-state index contributed by atoms with van der Waals surface area (Å²) in [6, 6.07) is 10.3. The van der Waals surface area contributed by atoms with Crippen molar-refractivity contribution in [1.82, 2.24) is 0 Å². The number of benzene rings is 2. The van der Waals surface area contributed by atoms with Crippen LogP contribution in [-0.2, 0) is 0 Å². The van der Waals surface area contributed by atoms with Crippen LogP contribution in [0, 0.1) is 0 Å².